The minimum absolute atomic E-state index is 0.0398. The van der Waals surface area contributed by atoms with Gasteiger partial charge in [-0.2, -0.15) is 0 Å². The Morgan fingerprint density at radius 3 is 1.82 bits per heavy atom. The van der Waals surface area contributed by atoms with E-state index in [4.69, 9.17) is 21.5 Å². The standard InChI is InChI=1S/C24H25IO8S/c1-16-6-12-20(13-7-16)34(27,28)33-25(18-10-8-17(9-11-18)24(26)32-5)23-21(30-3)14-19(29-2)15-22(23)31-4/h6-15H,1-5H3. The van der Waals surface area contributed by atoms with Gasteiger partial charge < -0.3 is 0 Å². The SMILES string of the molecule is COC(=O)c1ccc(I(OS(=O)(=O)c2ccc(C)cc2)c2c(OC)cc(OC)cc2OC)cc1. The van der Waals surface area contributed by atoms with Crippen LogP contribution in [-0.2, 0) is 17.4 Å². The van der Waals surface area contributed by atoms with E-state index < -0.39 is 36.3 Å². The summed E-state index contributed by atoms with van der Waals surface area (Å²) in [6.45, 7) is 1.87. The van der Waals surface area contributed by atoms with Gasteiger partial charge in [-0.05, 0) is 0 Å². The van der Waals surface area contributed by atoms with Crippen molar-refractivity contribution in [3.05, 3.63) is 78.9 Å². The van der Waals surface area contributed by atoms with Gasteiger partial charge in [-0.3, -0.25) is 0 Å². The molecule has 182 valence electrons. The zero-order valence-corrected chi connectivity index (χ0v) is 22.3. The van der Waals surface area contributed by atoms with Crippen molar-refractivity contribution in [2.45, 2.75) is 11.8 Å². The van der Waals surface area contributed by atoms with Gasteiger partial charge in [-0.15, -0.1) is 0 Å². The molecule has 0 heterocycles. The maximum atomic E-state index is 13.3. The maximum absolute atomic E-state index is 13.3. The van der Waals surface area contributed by atoms with Crippen LogP contribution in [0.25, 0.3) is 0 Å². The van der Waals surface area contributed by atoms with E-state index >= 15 is 0 Å². The predicted molar refractivity (Wildman–Crippen MR) is 135 cm³/mol. The predicted octanol–water partition coefficient (Wildman–Crippen LogP) is 4.67. The zero-order chi connectivity index (χ0) is 24.9. The number of hydrogen-bond acceptors (Lipinski definition) is 8. The van der Waals surface area contributed by atoms with Crippen molar-refractivity contribution in [3.63, 3.8) is 0 Å². The van der Waals surface area contributed by atoms with Crippen molar-refractivity contribution in [1.82, 2.24) is 0 Å². The summed E-state index contributed by atoms with van der Waals surface area (Å²) in [7, 11) is 1.61. The summed E-state index contributed by atoms with van der Waals surface area (Å²) in [6.07, 6.45) is 0. The summed E-state index contributed by atoms with van der Waals surface area (Å²) in [6, 6.07) is 16.1. The second-order valence-electron chi connectivity index (χ2n) is 6.92. The first-order valence-corrected chi connectivity index (χ1v) is 14.4. The molecule has 0 N–H and O–H groups in total. The van der Waals surface area contributed by atoms with Crippen LogP contribution in [0.1, 0.15) is 15.9 Å². The molecule has 3 aromatic carbocycles. The van der Waals surface area contributed by atoms with Gasteiger partial charge >= 0.3 is 207 Å². The van der Waals surface area contributed by atoms with Crippen LogP contribution < -0.4 is 14.2 Å². The van der Waals surface area contributed by atoms with Crippen LogP contribution in [0.4, 0.5) is 0 Å². The fourth-order valence-corrected chi connectivity index (χ4v) is 10.4. The Labute approximate surface area is 206 Å². The molecule has 34 heavy (non-hydrogen) atoms. The molecule has 10 heteroatoms. The van der Waals surface area contributed by atoms with E-state index in [1.165, 1.54) is 40.6 Å². The molecule has 0 atom stereocenters. The molecular formula is C24H25IO8S. The normalized spacial score (nSPS) is 11.5. The monoisotopic (exact) mass is 600 g/mol. The number of methoxy groups -OCH3 is 4. The van der Waals surface area contributed by atoms with Crippen molar-refractivity contribution < 1.29 is 34.7 Å². The molecule has 0 aliphatic rings. The van der Waals surface area contributed by atoms with E-state index in [1.807, 2.05) is 6.92 Å². The first-order valence-electron chi connectivity index (χ1n) is 9.94. The van der Waals surface area contributed by atoms with Gasteiger partial charge in [-0.1, -0.05) is 0 Å². The molecule has 0 aliphatic heterocycles. The Morgan fingerprint density at radius 1 is 0.794 bits per heavy atom. The quantitative estimate of drug-likeness (QED) is 0.258. The second-order valence-corrected chi connectivity index (χ2v) is 13.3. The van der Waals surface area contributed by atoms with Crippen LogP contribution >= 0.6 is 20.2 Å². The third-order valence-corrected chi connectivity index (χ3v) is 12.3. The number of ether oxygens (including phenoxy) is 4. The fraction of sp³-hybridized carbons (Fsp3) is 0.208. The number of halogens is 1. The van der Waals surface area contributed by atoms with E-state index in [0.29, 0.717) is 30.0 Å². The van der Waals surface area contributed by atoms with Crippen LogP contribution in [0.3, 0.4) is 0 Å². The molecule has 0 fully saturated rings. The first kappa shape index (κ1) is 25.8. The number of esters is 1. The van der Waals surface area contributed by atoms with E-state index in [-0.39, 0.29) is 4.90 Å². The molecule has 0 aromatic heterocycles. The Hall–Kier alpha value is -2.83. The molecule has 0 amide bonds. The van der Waals surface area contributed by atoms with Gasteiger partial charge in [0, 0.05) is 0 Å². The molecule has 0 radical (unpaired) electrons. The zero-order valence-electron chi connectivity index (χ0n) is 19.3. The van der Waals surface area contributed by atoms with Gasteiger partial charge in [0.1, 0.15) is 0 Å². The van der Waals surface area contributed by atoms with Crippen LogP contribution in [0.15, 0.2) is 65.6 Å². The summed E-state index contributed by atoms with van der Waals surface area (Å²) in [5, 5.41) is 0. The van der Waals surface area contributed by atoms with Crippen LogP contribution in [-0.4, -0.2) is 42.8 Å². The molecule has 0 saturated carbocycles. The van der Waals surface area contributed by atoms with Gasteiger partial charge in [0.15, 0.2) is 0 Å². The number of hydrogen-bond donors (Lipinski definition) is 0. The van der Waals surface area contributed by atoms with E-state index in [9.17, 15) is 13.2 Å². The van der Waals surface area contributed by atoms with Crippen LogP contribution in [0.2, 0.25) is 0 Å². The Morgan fingerprint density at radius 2 is 1.35 bits per heavy atom. The number of carbonyl (C=O) groups is 1. The number of rotatable bonds is 9. The van der Waals surface area contributed by atoms with Crippen molar-refractivity contribution >= 4 is 36.3 Å². The fourth-order valence-electron chi connectivity index (χ4n) is 2.95. The van der Waals surface area contributed by atoms with E-state index in [0.717, 1.165) is 5.56 Å². The van der Waals surface area contributed by atoms with Crippen molar-refractivity contribution in [3.8, 4) is 17.2 Å². The third kappa shape index (κ3) is 5.62. The molecule has 0 spiro atoms. The van der Waals surface area contributed by atoms with Gasteiger partial charge in [-0.25, -0.2) is 0 Å². The average Bonchev–Trinajstić information content (AvgIpc) is 2.86. The molecular weight excluding hydrogens is 575 g/mol. The second kappa shape index (κ2) is 11.1. The summed E-state index contributed by atoms with van der Waals surface area (Å²) in [5.41, 5.74) is 1.25. The van der Waals surface area contributed by atoms with E-state index in [2.05, 4.69) is 0 Å². The molecule has 0 aliphatic carbocycles. The first-order chi connectivity index (χ1) is 16.2. The Balaban J connectivity index is 2.19. The van der Waals surface area contributed by atoms with Gasteiger partial charge in [0.25, 0.3) is 0 Å². The minimum atomic E-state index is -4.13. The van der Waals surface area contributed by atoms with Gasteiger partial charge in [0.05, 0.1) is 0 Å². The summed E-state index contributed by atoms with van der Waals surface area (Å²) in [5.74, 6) is 0.727. The molecule has 3 aromatic rings. The Bertz CT molecular complexity index is 1230. The average molecular weight is 600 g/mol. The molecule has 0 saturated heterocycles. The number of carbonyl (C=O) groups excluding carboxylic acids is 1. The van der Waals surface area contributed by atoms with Crippen molar-refractivity contribution in [2.24, 2.45) is 0 Å². The third-order valence-electron chi connectivity index (χ3n) is 4.75. The molecule has 3 rings (SSSR count). The van der Waals surface area contributed by atoms with E-state index in [1.54, 1.807) is 48.5 Å². The topological polar surface area (TPSA) is 97.4 Å². The number of aryl methyl sites for hydroxylation is 1. The Kier molecular flexibility index (Phi) is 8.39. The van der Waals surface area contributed by atoms with Gasteiger partial charge in [0.2, 0.25) is 0 Å². The molecule has 0 bridgehead atoms. The van der Waals surface area contributed by atoms with Crippen molar-refractivity contribution in [2.75, 3.05) is 28.4 Å². The van der Waals surface area contributed by atoms with Crippen LogP contribution in [0.5, 0.6) is 17.2 Å². The summed E-state index contributed by atoms with van der Waals surface area (Å²) >= 11 is -3.25. The molecule has 8 nitrogen and oxygen atoms in total. The van der Waals surface area contributed by atoms with Crippen molar-refractivity contribution in [1.29, 1.82) is 0 Å². The van der Waals surface area contributed by atoms with Crippen LogP contribution in [0, 0.1) is 14.1 Å². The summed E-state index contributed by atoms with van der Waals surface area (Å²) in [4.78, 5) is 11.9. The summed E-state index contributed by atoms with van der Waals surface area (Å²) < 4.78 is 54.8. The number of benzene rings is 3. The molecule has 0 unspecified atom stereocenters.